The van der Waals surface area contributed by atoms with Gasteiger partial charge in [-0.25, -0.2) is 0 Å². The maximum absolute atomic E-state index is 11.9. The number of nitrogens with two attached hydrogens (primary N) is 1. The van der Waals surface area contributed by atoms with E-state index in [9.17, 15) is 4.79 Å². The number of carbonyl (C=O) groups is 1. The van der Waals surface area contributed by atoms with Crippen molar-refractivity contribution in [1.82, 2.24) is 0 Å². The monoisotopic (exact) mass is 279 g/mol. The second-order valence-electron chi connectivity index (χ2n) is 3.31. The highest BCUT2D eigenvalue weighted by Gasteiger charge is 2.12. The van der Waals surface area contributed by atoms with Crippen LogP contribution in [0.15, 0.2) is 45.3 Å². The molecule has 0 aliphatic heterocycles. The molecule has 0 aliphatic carbocycles. The second-order valence-corrected chi connectivity index (χ2v) is 4.22. The highest BCUT2D eigenvalue weighted by Crippen LogP contribution is 2.16. The van der Waals surface area contributed by atoms with Gasteiger partial charge in [-0.3, -0.25) is 4.79 Å². The maximum atomic E-state index is 11.9. The zero-order valence-corrected chi connectivity index (χ0v) is 10.0. The number of ketones is 1. The van der Waals surface area contributed by atoms with Crippen LogP contribution in [0.1, 0.15) is 21.9 Å². The molecule has 1 heterocycles. The lowest BCUT2D eigenvalue weighted by molar-refractivity contribution is 0.101. The first kappa shape index (κ1) is 11.1. The third-order valence-corrected chi connectivity index (χ3v) is 2.72. The average Bonchev–Trinajstić information content (AvgIpc) is 2.77. The second kappa shape index (κ2) is 4.63. The fourth-order valence-electron chi connectivity index (χ4n) is 1.35. The summed E-state index contributed by atoms with van der Waals surface area (Å²) >= 11 is 3.31. The van der Waals surface area contributed by atoms with Crippen molar-refractivity contribution in [1.29, 1.82) is 0 Å². The normalized spacial score (nSPS) is 10.4. The molecule has 0 amide bonds. The molecule has 0 saturated carbocycles. The van der Waals surface area contributed by atoms with E-state index in [1.165, 1.54) is 0 Å². The third kappa shape index (κ3) is 2.23. The number of hydrogen-bond donors (Lipinski definition) is 1. The Morgan fingerprint density at radius 1 is 1.19 bits per heavy atom. The van der Waals surface area contributed by atoms with Crippen molar-refractivity contribution in [3.05, 3.63) is 58.0 Å². The molecule has 82 valence electrons. The molecule has 3 nitrogen and oxygen atoms in total. The van der Waals surface area contributed by atoms with E-state index in [0.29, 0.717) is 23.6 Å². The Labute approximate surface area is 101 Å². The van der Waals surface area contributed by atoms with E-state index < -0.39 is 0 Å². The lowest BCUT2D eigenvalue weighted by Gasteiger charge is -1.97. The number of rotatable bonds is 3. The van der Waals surface area contributed by atoms with Crippen LogP contribution in [-0.4, -0.2) is 5.78 Å². The summed E-state index contributed by atoms with van der Waals surface area (Å²) < 4.78 is 6.23. The zero-order chi connectivity index (χ0) is 11.5. The molecule has 2 rings (SSSR count). The molecule has 2 aromatic rings. The summed E-state index contributed by atoms with van der Waals surface area (Å²) in [6.45, 7) is 0.299. The van der Waals surface area contributed by atoms with Crippen LogP contribution >= 0.6 is 15.9 Å². The predicted molar refractivity (Wildman–Crippen MR) is 64.2 cm³/mol. The largest absolute Gasteiger partial charge is 0.456 e. The van der Waals surface area contributed by atoms with Crippen molar-refractivity contribution < 1.29 is 9.21 Å². The summed E-state index contributed by atoms with van der Waals surface area (Å²) in [5, 5.41) is 0. The van der Waals surface area contributed by atoms with Gasteiger partial charge in [0.1, 0.15) is 5.76 Å². The van der Waals surface area contributed by atoms with Crippen molar-refractivity contribution in [3.63, 3.8) is 0 Å². The van der Waals surface area contributed by atoms with Gasteiger partial charge in [0.2, 0.25) is 5.78 Å². The van der Waals surface area contributed by atoms with Gasteiger partial charge >= 0.3 is 0 Å². The number of furan rings is 1. The lowest BCUT2D eigenvalue weighted by atomic mass is 10.1. The molecule has 0 aliphatic rings. The number of carbonyl (C=O) groups excluding carboxylic acids is 1. The van der Waals surface area contributed by atoms with Crippen LogP contribution in [-0.2, 0) is 6.54 Å². The van der Waals surface area contributed by atoms with Crippen LogP contribution in [0, 0.1) is 0 Å². The highest BCUT2D eigenvalue weighted by atomic mass is 79.9. The minimum absolute atomic E-state index is 0.132. The van der Waals surface area contributed by atoms with E-state index in [-0.39, 0.29) is 5.78 Å². The summed E-state index contributed by atoms with van der Waals surface area (Å²) in [5.41, 5.74) is 6.01. The van der Waals surface area contributed by atoms with Gasteiger partial charge in [0.05, 0.1) is 6.54 Å². The number of hydrogen-bond acceptors (Lipinski definition) is 3. The van der Waals surface area contributed by atoms with Crippen molar-refractivity contribution in [2.75, 3.05) is 0 Å². The molecule has 1 aromatic heterocycles. The molecule has 0 bridgehead atoms. The minimum atomic E-state index is -0.132. The summed E-state index contributed by atoms with van der Waals surface area (Å²) in [7, 11) is 0. The van der Waals surface area contributed by atoms with Gasteiger partial charge in [-0.15, -0.1) is 0 Å². The SMILES string of the molecule is NCc1ccc(C(=O)c2ccc(Br)cc2)o1. The molecule has 0 unspecified atom stereocenters. The average molecular weight is 280 g/mol. The fraction of sp³-hybridized carbons (Fsp3) is 0.0833. The first-order valence-corrected chi connectivity index (χ1v) is 5.59. The molecule has 1 aromatic carbocycles. The van der Waals surface area contributed by atoms with Crippen LogP contribution in [0.4, 0.5) is 0 Å². The quantitative estimate of drug-likeness (QED) is 0.879. The maximum Gasteiger partial charge on any atom is 0.228 e. The summed E-state index contributed by atoms with van der Waals surface area (Å²) in [6, 6.07) is 10.5. The highest BCUT2D eigenvalue weighted by molar-refractivity contribution is 9.10. The van der Waals surface area contributed by atoms with E-state index >= 15 is 0 Å². The minimum Gasteiger partial charge on any atom is -0.456 e. The van der Waals surface area contributed by atoms with Gasteiger partial charge in [-0.2, -0.15) is 0 Å². The molecule has 2 N–H and O–H groups in total. The van der Waals surface area contributed by atoms with Gasteiger partial charge < -0.3 is 10.2 Å². The first-order chi connectivity index (χ1) is 7.70. The number of benzene rings is 1. The Morgan fingerprint density at radius 2 is 1.88 bits per heavy atom. The topological polar surface area (TPSA) is 56.2 Å². The van der Waals surface area contributed by atoms with Crippen molar-refractivity contribution in [2.24, 2.45) is 5.73 Å². The van der Waals surface area contributed by atoms with Crippen LogP contribution in [0.25, 0.3) is 0 Å². The smallest absolute Gasteiger partial charge is 0.228 e. The molecule has 0 radical (unpaired) electrons. The molecular formula is C12H10BrNO2. The van der Waals surface area contributed by atoms with Crippen molar-refractivity contribution in [2.45, 2.75) is 6.54 Å². The van der Waals surface area contributed by atoms with Crippen molar-refractivity contribution >= 4 is 21.7 Å². The van der Waals surface area contributed by atoms with E-state index in [4.69, 9.17) is 10.2 Å². The Morgan fingerprint density at radius 3 is 2.44 bits per heavy atom. The molecule has 0 fully saturated rings. The summed E-state index contributed by atoms with van der Waals surface area (Å²) in [6.07, 6.45) is 0. The summed E-state index contributed by atoms with van der Waals surface area (Å²) in [4.78, 5) is 11.9. The number of halogens is 1. The van der Waals surface area contributed by atoms with Crippen LogP contribution in [0.3, 0.4) is 0 Å². The molecule has 4 heteroatoms. The van der Waals surface area contributed by atoms with Gasteiger partial charge in [-0.05, 0) is 36.4 Å². The Hall–Kier alpha value is -1.39. The Kier molecular flexibility index (Phi) is 3.22. The van der Waals surface area contributed by atoms with E-state index in [1.54, 1.807) is 24.3 Å². The van der Waals surface area contributed by atoms with Gasteiger partial charge in [0.15, 0.2) is 5.76 Å². The summed E-state index contributed by atoms with van der Waals surface area (Å²) in [5.74, 6) is 0.801. The Bertz CT molecular complexity index is 502. The molecule has 0 spiro atoms. The van der Waals surface area contributed by atoms with Gasteiger partial charge in [0.25, 0.3) is 0 Å². The molecule has 0 atom stereocenters. The van der Waals surface area contributed by atoms with Gasteiger partial charge in [-0.1, -0.05) is 15.9 Å². The van der Waals surface area contributed by atoms with E-state index in [0.717, 1.165) is 4.47 Å². The lowest BCUT2D eigenvalue weighted by Crippen LogP contribution is -1.99. The van der Waals surface area contributed by atoms with E-state index in [1.807, 2.05) is 12.1 Å². The standard InChI is InChI=1S/C12H10BrNO2/c13-9-3-1-8(2-4-9)12(15)11-6-5-10(7-14)16-11/h1-6H,7,14H2. The first-order valence-electron chi connectivity index (χ1n) is 4.80. The van der Waals surface area contributed by atoms with Gasteiger partial charge in [0, 0.05) is 10.0 Å². The molecule has 16 heavy (non-hydrogen) atoms. The predicted octanol–water partition coefficient (Wildman–Crippen LogP) is 2.73. The van der Waals surface area contributed by atoms with E-state index in [2.05, 4.69) is 15.9 Å². The third-order valence-electron chi connectivity index (χ3n) is 2.19. The fourth-order valence-corrected chi connectivity index (χ4v) is 1.62. The van der Waals surface area contributed by atoms with Crippen LogP contribution in [0.2, 0.25) is 0 Å². The molecule has 0 saturated heterocycles. The van der Waals surface area contributed by atoms with Crippen LogP contribution in [0.5, 0.6) is 0 Å². The molecular weight excluding hydrogens is 270 g/mol. The van der Waals surface area contributed by atoms with Crippen molar-refractivity contribution in [3.8, 4) is 0 Å². The Balaban J connectivity index is 2.28. The van der Waals surface area contributed by atoms with Crippen LogP contribution < -0.4 is 5.73 Å². The zero-order valence-electron chi connectivity index (χ0n) is 8.44.